The third kappa shape index (κ3) is 7.47. The van der Waals surface area contributed by atoms with Gasteiger partial charge in [-0.05, 0) is 45.1 Å². The summed E-state index contributed by atoms with van der Waals surface area (Å²) in [6, 6.07) is 18.0. The molecule has 0 amide bonds. The Morgan fingerprint density at radius 1 is 0.778 bits per heavy atom. The molecule has 0 saturated heterocycles. The summed E-state index contributed by atoms with van der Waals surface area (Å²) in [6.07, 6.45) is 0. The number of nitrogens with one attached hydrogen (secondary N) is 1. The molecule has 2 heteroatoms. The topological polar surface area (TPSA) is 38.0 Å². The van der Waals surface area contributed by atoms with Crippen molar-refractivity contribution in [1.82, 2.24) is 5.32 Å². The Morgan fingerprint density at radius 3 is 1.44 bits per heavy atom. The van der Waals surface area contributed by atoms with Crippen molar-refractivity contribution < 1.29 is 0 Å². The van der Waals surface area contributed by atoms with E-state index in [1.807, 2.05) is 69.6 Å². The average molecular weight is 244 g/mol. The smallest absolute Gasteiger partial charge is 0.0346 e. The van der Waals surface area contributed by atoms with Gasteiger partial charge in [-0.3, -0.25) is 0 Å². The Hall–Kier alpha value is -1.80. The second kappa shape index (κ2) is 10.4. The standard InChI is InChI=1S/C8H11N.C6H6.C2H7N/c1-6-4-3-5-8(9)7(6)2;1-2-4-6-5-3-1;1-3-2/h3-5H,9H2,1-2H3;1-6H;3H,1-2H3. The van der Waals surface area contributed by atoms with Gasteiger partial charge in [-0.15, -0.1) is 0 Å². The van der Waals surface area contributed by atoms with E-state index >= 15 is 0 Å². The molecular formula is C16H24N2. The fourth-order valence-corrected chi connectivity index (χ4v) is 1.16. The Balaban J connectivity index is 0.000000278. The zero-order valence-corrected chi connectivity index (χ0v) is 11.8. The summed E-state index contributed by atoms with van der Waals surface area (Å²) in [6.45, 7) is 4.09. The van der Waals surface area contributed by atoms with Crippen molar-refractivity contribution in [3.8, 4) is 0 Å². The van der Waals surface area contributed by atoms with Crippen molar-refractivity contribution >= 4 is 5.69 Å². The van der Waals surface area contributed by atoms with Gasteiger partial charge >= 0.3 is 0 Å². The van der Waals surface area contributed by atoms with Gasteiger partial charge in [-0.1, -0.05) is 48.5 Å². The van der Waals surface area contributed by atoms with Crippen molar-refractivity contribution in [2.75, 3.05) is 19.8 Å². The second-order valence-corrected chi connectivity index (χ2v) is 3.94. The molecule has 0 aliphatic rings. The van der Waals surface area contributed by atoms with Crippen LogP contribution in [0.2, 0.25) is 0 Å². The number of nitrogens with two attached hydrogens (primary N) is 1. The van der Waals surface area contributed by atoms with E-state index in [9.17, 15) is 0 Å². The molecule has 0 saturated carbocycles. The normalized spacial score (nSPS) is 8.44. The van der Waals surface area contributed by atoms with Crippen molar-refractivity contribution in [3.63, 3.8) is 0 Å². The lowest BCUT2D eigenvalue weighted by Gasteiger charge is -2.00. The first kappa shape index (κ1) is 16.2. The maximum Gasteiger partial charge on any atom is 0.0346 e. The van der Waals surface area contributed by atoms with Crippen LogP contribution >= 0.6 is 0 Å². The largest absolute Gasteiger partial charge is 0.399 e. The SMILES string of the molecule is CNC.Cc1cccc(N)c1C.c1ccccc1. The average Bonchev–Trinajstić information content (AvgIpc) is 2.40. The maximum atomic E-state index is 5.62. The highest BCUT2D eigenvalue weighted by Gasteiger charge is 1.92. The monoisotopic (exact) mass is 244 g/mol. The molecule has 0 fully saturated rings. The third-order valence-electron chi connectivity index (χ3n) is 2.31. The Morgan fingerprint density at radius 2 is 1.17 bits per heavy atom. The highest BCUT2D eigenvalue weighted by Crippen LogP contribution is 2.13. The molecule has 0 radical (unpaired) electrons. The highest BCUT2D eigenvalue weighted by molar-refractivity contribution is 5.49. The molecule has 2 aromatic rings. The van der Waals surface area contributed by atoms with Crippen LogP contribution in [0.5, 0.6) is 0 Å². The van der Waals surface area contributed by atoms with Crippen LogP contribution in [0.1, 0.15) is 11.1 Å². The fraction of sp³-hybridized carbons (Fsp3) is 0.250. The summed E-state index contributed by atoms with van der Waals surface area (Å²) in [4.78, 5) is 0. The van der Waals surface area contributed by atoms with Gasteiger partial charge in [0.15, 0.2) is 0 Å². The number of aryl methyl sites for hydroxylation is 1. The van der Waals surface area contributed by atoms with Gasteiger partial charge in [0, 0.05) is 5.69 Å². The zero-order chi connectivity index (χ0) is 13.8. The first-order valence-corrected chi connectivity index (χ1v) is 6.03. The lowest BCUT2D eigenvalue weighted by molar-refractivity contribution is 1.02. The third-order valence-corrected chi connectivity index (χ3v) is 2.31. The van der Waals surface area contributed by atoms with Crippen LogP contribution in [-0.2, 0) is 0 Å². The van der Waals surface area contributed by atoms with Gasteiger partial charge in [0.1, 0.15) is 0 Å². The fourth-order valence-electron chi connectivity index (χ4n) is 1.16. The van der Waals surface area contributed by atoms with Crippen molar-refractivity contribution in [2.24, 2.45) is 0 Å². The number of nitrogen functional groups attached to an aromatic ring is 1. The number of rotatable bonds is 0. The predicted molar refractivity (Wildman–Crippen MR) is 81.8 cm³/mol. The first-order chi connectivity index (χ1) is 8.63. The summed E-state index contributed by atoms with van der Waals surface area (Å²) in [5, 5.41) is 2.75. The van der Waals surface area contributed by atoms with Crippen LogP contribution in [0.4, 0.5) is 5.69 Å². The van der Waals surface area contributed by atoms with Gasteiger partial charge in [-0.2, -0.15) is 0 Å². The van der Waals surface area contributed by atoms with Crippen LogP contribution in [0, 0.1) is 13.8 Å². The molecule has 0 bridgehead atoms. The summed E-state index contributed by atoms with van der Waals surface area (Å²) in [7, 11) is 3.75. The molecule has 0 aromatic heterocycles. The minimum atomic E-state index is 0.884. The molecule has 2 nitrogen and oxygen atoms in total. The van der Waals surface area contributed by atoms with E-state index in [0.717, 1.165) is 5.69 Å². The molecule has 0 heterocycles. The quantitative estimate of drug-likeness (QED) is 0.697. The van der Waals surface area contributed by atoms with Gasteiger partial charge in [0.2, 0.25) is 0 Å². The number of anilines is 1. The number of benzene rings is 2. The molecule has 0 unspecified atom stereocenters. The Kier molecular flexibility index (Phi) is 9.32. The van der Waals surface area contributed by atoms with Gasteiger partial charge < -0.3 is 11.1 Å². The van der Waals surface area contributed by atoms with Crippen molar-refractivity contribution in [2.45, 2.75) is 13.8 Å². The van der Waals surface area contributed by atoms with Gasteiger partial charge in [-0.25, -0.2) is 0 Å². The summed E-state index contributed by atoms with van der Waals surface area (Å²) in [5.74, 6) is 0. The van der Waals surface area contributed by atoms with Gasteiger partial charge in [0.05, 0.1) is 0 Å². The second-order valence-electron chi connectivity index (χ2n) is 3.94. The van der Waals surface area contributed by atoms with Crippen LogP contribution in [-0.4, -0.2) is 14.1 Å². The summed E-state index contributed by atoms with van der Waals surface area (Å²) >= 11 is 0. The molecule has 2 aromatic carbocycles. The zero-order valence-electron chi connectivity index (χ0n) is 11.8. The molecule has 0 spiro atoms. The Bertz CT molecular complexity index is 364. The molecule has 18 heavy (non-hydrogen) atoms. The molecule has 98 valence electrons. The van der Waals surface area contributed by atoms with Crippen LogP contribution in [0.15, 0.2) is 54.6 Å². The summed E-state index contributed by atoms with van der Waals surface area (Å²) in [5.41, 5.74) is 8.96. The molecule has 0 atom stereocenters. The maximum absolute atomic E-state index is 5.62. The molecule has 3 N–H and O–H groups in total. The molecule has 0 aliphatic heterocycles. The molecule has 2 rings (SSSR count). The van der Waals surface area contributed by atoms with Gasteiger partial charge in [0.25, 0.3) is 0 Å². The van der Waals surface area contributed by atoms with Crippen LogP contribution in [0.25, 0.3) is 0 Å². The lowest BCUT2D eigenvalue weighted by atomic mass is 10.1. The lowest BCUT2D eigenvalue weighted by Crippen LogP contribution is -1.90. The van der Waals surface area contributed by atoms with E-state index < -0.39 is 0 Å². The van der Waals surface area contributed by atoms with E-state index in [1.165, 1.54) is 11.1 Å². The molecule has 0 aliphatic carbocycles. The Labute approximate surface area is 111 Å². The minimum absolute atomic E-state index is 0.884. The summed E-state index contributed by atoms with van der Waals surface area (Å²) < 4.78 is 0. The van der Waals surface area contributed by atoms with E-state index in [0.29, 0.717) is 0 Å². The predicted octanol–water partition coefficient (Wildman–Crippen LogP) is 3.41. The van der Waals surface area contributed by atoms with E-state index in [4.69, 9.17) is 5.73 Å². The van der Waals surface area contributed by atoms with E-state index in [1.54, 1.807) is 0 Å². The van der Waals surface area contributed by atoms with Crippen molar-refractivity contribution in [3.05, 3.63) is 65.7 Å². The number of hydrogen-bond donors (Lipinski definition) is 2. The van der Waals surface area contributed by atoms with Crippen LogP contribution in [0.3, 0.4) is 0 Å². The number of hydrogen-bond acceptors (Lipinski definition) is 2. The molecular weight excluding hydrogens is 220 g/mol. The van der Waals surface area contributed by atoms with E-state index in [2.05, 4.69) is 18.3 Å². The minimum Gasteiger partial charge on any atom is -0.399 e. The van der Waals surface area contributed by atoms with Crippen molar-refractivity contribution in [1.29, 1.82) is 0 Å². The highest BCUT2D eigenvalue weighted by atomic mass is 14.7. The van der Waals surface area contributed by atoms with E-state index in [-0.39, 0.29) is 0 Å². The first-order valence-electron chi connectivity index (χ1n) is 6.03. The van der Waals surface area contributed by atoms with Crippen LogP contribution < -0.4 is 11.1 Å².